The van der Waals surface area contributed by atoms with E-state index in [2.05, 4.69) is 46.8 Å². The number of carbonyl (C=O) groups excluding carboxylic acids is 1. The maximum atomic E-state index is 13.0. The van der Waals surface area contributed by atoms with Crippen molar-refractivity contribution in [2.45, 2.75) is 94.0 Å². The molecule has 0 radical (unpaired) electrons. The van der Waals surface area contributed by atoms with Crippen molar-refractivity contribution in [1.29, 1.82) is 0 Å². The molecule has 0 bridgehead atoms. The van der Waals surface area contributed by atoms with Gasteiger partial charge < -0.3 is 35.5 Å². The molecule has 19 heteroatoms. The minimum Gasteiger partial charge on any atom is -0.478 e. The fourth-order valence-electron chi connectivity index (χ4n) is 7.73. The van der Waals surface area contributed by atoms with Gasteiger partial charge in [0.25, 0.3) is 26.0 Å². The van der Waals surface area contributed by atoms with Gasteiger partial charge in [-0.2, -0.15) is 0 Å². The van der Waals surface area contributed by atoms with Gasteiger partial charge in [-0.1, -0.05) is 36.4 Å². The molecule has 2 aliphatic carbocycles. The molecule has 0 saturated carbocycles. The molecule has 0 unspecified atom stereocenters. The molecule has 0 saturated heterocycles. The molecule has 8 rings (SSSR count). The second kappa shape index (κ2) is 18.2. The molecule has 15 nitrogen and oxygen atoms in total. The number of aliphatic hydroxyl groups is 1. The first kappa shape index (κ1) is 44.9. The molecular weight excluding hydrogens is 854 g/mol. The Morgan fingerprint density at radius 2 is 1.15 bits per heavy atom. The summed E-state index contributed by atoms with van der Waals surface area (Å²) in [5.74, 6) is -1.58. The number of aromatic carboxylic acids is 1. The van der Waals surface area contributed by atoms with Gasteiger partial charge in [0.1, 0.15) is 10.1 Å². The van der Waals surface area contributed by atoms with Crippen LogP contribution in [0.2, 0.25) is 0 Å². The van der Waals surface area contributed by atoms with Crippen LogP contribution in [-0.2, 0) is 45.7 Å². The van der Waals surface area contributed by atoms with E-state index in [-0.39, 0.29) is 45.1 Å². The highest BCUT2D eigenvalue weighted by Crippen LogP contribution is 2.31. The van der Waals surface area contributed by atoms with E-state index in [1.807, 2.05) is 36.4 Å². The summed E-state index contributed by atoms with van der Waals surface area (Å²) in [6.45, 7) is 6.42. The fraction of sp³-hybridized carbons (Fsp3) is 0.366. The standard InChI is InChI=1S/C22H28N4O4S.C18H19N3O4S.CH2Cl2/c1-13-17(21(27)23-12-22(2,3)28)11-20(24-13)31(29,30)26-14-8-9-16-15-6-4-5-7-18(15)25-19(16)10-14;1-10-14(18(22)23)9-17(19-10)26(24,25)21-11-6-7-13-12-4-2-3-5-15(12)20-16(13)8-11;2-1-3/h4-7,11,14,24-26,28H,8-10,12H2,1-3H3,(H,23,27);2-5,9,11,19-21H,6-8H2,1H3,(H,22,23);1H2/t14-;11-;/m11./s1. The number of hydrogen-bond donors (Lipinski definition) is 9. The Balaban J connectivity index is 0.000000191. The number of carbonyl (C=O) groups is 2. The number of sulfonamides is 2. The number of rotatable bonds is 10. The lowest BCUT2D eigenvalue weighted by Crippen LogP contribution is -2.39. The molecule has 322 valence electrons. The quantitative estimate of drug-likeness (QED) is 0.0748. The lowest BCUT2D eigenvalue weighted by Gasteiger charge is -2.23. The first-order valence-electron chi connectivity index (χ1n) is 19.3. The maximum absolute atomic E-state index is 13.0. The summed E-state index contributed by atoms with van der Waals surface area (Å²) >= 11 is 9.53. The summed E-state index contributed by atoms with van der Waals surface area (Å²) in [5, 5.41) is 23.9. The number of hydrogen-bond acceptors (Lipinski definition) is 7. The van der Waals surface area contributed by atoms with Crippen LogP contribution in [0, 0.1) is 13.8 Å². The van der Waals surface area contributed by atoms with Crippen LogP contribution in [0.1, 0.15) is 81.3 Å². The third-order valence-electron chi connectivity index (χ3n) is 10.6. The molecule has 2 aliphatic rings. The van der Waals surface area contributed by atoms with E-state index >= 15 is 0 Å². The van der Waals surface area contributed by atoms with Crippen molar-refractivity contribution in [2.75, 3.05) is 11.9 Å². The number of alkyl halides is 2. The highest BCUT2D eigenvalue weighted by Gasteiger charge is 2.30. The zero-order chi connectivity index (χ0) is 43.6. The number of fused-ring (bicyclic) bond motifs is 6. The molecule has 0 fully saturated rings. The Morgan fingerprint density at radius 3 is 1.57 bits per heavy atom. The third-order valence-corrected chi connectivity index (χ3v) is 13.4. The molecule has 6 aromatic rings. The summed E-state index contributed by atoms with van der Waals surface area (Å²) in [6.07, 6.45) is 4.14. The summed E-state index contributed by atoms with van der Waals surface area (Å²) < 4.78 is 56.7. The van der Waals surface area contributed by atoms with E-state index < -0.39 is 37.5 Å². The zero-order valence-corrected chi connectivity index (χ0v) is 36.6. The molecule has 1 amide bonds. The highest BCUT2D eigenvalue weighted by molar-refractivity contribution is 7.89. The minimum atomic E-state index is -3.82. The number of halogens is 2. The van der Waals surface area contributed by atoms with Gasteiger partial charge in [-0.25, -0.2) is 31.1 Å². The van der Waals surface area contributed by atoms with Crippen molar-refractivity contribution in [3.8, 4) is 0 Å². The molecule has 9 N–H and O–H groups in total. The normalized spacial score (nSPS) is 16.6. The second-order valence-electron chi connectivity index (χ2n) is 15.6. The van der Waals surface area contributed by atoms with Crippen LogP contribution in [0.4, 0.5) is 0 Å². The van der Waals surface area contributed by atoms with Crippen molar-refractivity contribution < 1.29 is 36.6 Å². The number of aromatic amines is 4. The Kier molecular flexibility index (Phi) is 13.6. The van der Waals surface area contributed by atoms with Gasteiger partial charge in [0.05, 0.1) is 22.1 Å². The third kappa shape index (κ3) is 10.3. The number of carboxylic acids is 1. The van der Waals surface area contributed by atoms with Crippen molar-refractivity contribution in [1.82, 2.24) is 34.7 Å². The van der Waals surface area contributed by atoms with Crippen LogP contribution < -0.4 is 14.8 Å². The number of nitrogens with one attached hydrogen (secondary N) is 7. The van der Waals surface area contributed by atoms with Gasteiger partial charge in [-0.15, -0.1) is 23.2 Å². The number of aromatic nitrogens is 4. The molecular formula is C41H49Cl2N7O8S2. The van der Waals surface area contributed by atoms with Crippen LogP contribution in [0.3, 0.4) is 0 Å². The van der Waals surface area contributed by atoms with Crippen LogP contribution in [0.5, 0.6) is 0 Å². The zero-order valence-electron chi connectivity index (χ0n) is 33.5. The number of para-hydroxylation sites is 2. The SMILES string of the molecule is Cc1[nH]c(S(=O)(=O)N[C@@H]2CCc3c([nH]c4ccccc34)C2)cc1C(=O)NCC(C)(C)O.Cc1[nH]c(S(=O)(=O)N[C@@H]2CCc3c([nH]c4ccccc34)C2)cc1C(=O)O.ClCCl. The Hall–Kier alpha value is -4.62. The average Bonchev–Trinajstić information content (AvgIpc) is 3.96. The largest absolute Gasteiger partial charge is 0.478 e. The van der Waals surface area contributed by atoms with Crippen molar-refractivity contribution >= 4 is 76.9 Å². The van der Waals surface area contributed by atoms with E-state index in [4.69, 9.17) is 28.3 Å². The Bertz CT molecular complexity index is 2750. The monoisotopic (exact) mass is 901 g/mol. The van der Waals surface area contributed by atoms with Gasteiger partial charge in [-0.3, -0.25) is 4.79 Å². The topological polar surface area (TPSA) is 242 Å². The number of amides is 1. The van der Waals surface area contributed by atoms with Crippen LogP contribution in [0.25, 0.3) is 21.8 Å². The van der Waals surface area contributed by atoms with Gasteiger partial charge >= 0.3 is 5.97 Å². The summed E-state index contributed by atoms with van der Waals surface area (Å²) in [7, 11) is -7.63. The lowest BCUT2D eigenvalue weighted by atomic mass is 9.92. The minimum absolute atomic E-state index is 0.0353. The van der Waals surface area contributed by atoms with E-state index in [1.54, 1.807) is 27.7 Å². The predicted octanol–water partition coefficient (Wildman–Crippen LogP) is 5.90. The van der Waals surface area contributed by atoms with Crippen molar-refractivity contribution in [3.63, 3.8) is 0 Å². The predicted molar refractivity (Wildman–Crippen MR) is 232 cm³/mol. The van der Waals surface area contributed by atoms with Gasteiger partial charge in [0, 0.05) is 76.1 Å². The van der Waals surface area contributed by atoms with Gasteiger partial charge in [0.15, 0.2) is 0 Å². The Morgan fingerprint density at radius 1 is 0.733 bits per heavy atom. The molecule has 2 atom stereocenters. The molecule has 4 heterocycles. The number of H-pyrrole nitrogens is 4. The lowest BCUT2D eigenvalue weighted by molar-refractivity contribution is 0.0694. The first-order valence-corrected chi connectivity index (χ1v) is 23.3. The van der Waals surface area contributed by atoms with E-state index in [9.17, 15) is 31.5 Å². The van der Waals surface area contributed by atoms with Crippen molar-refractivity contribution in [3.05, 3.63) is 106 Å². The van der Waals surface area contributed by atoms with Crippen LogP contribution in [-0.4, -0.2) is 88.4 Å². The number of benzene rings is 2. The van der Waals surface area contributed by atoms with Gasteiger partial charge in [-0.05, 0) is 88.8 Å². The second-order valence-corrected chi connectivity index (χ2v) is 19.8. The Labute approximate surface area is 358 Å². The highest BCUT2D eigenvalue weighted by atomic mass is 35.5. The molecule has 4 aromatic heterocycles. The fourth-order valence-corrected chi connectivity index (χ4v) is 10.4. The molecule has 60 heavy (non-hydrogen) atoms. The summed E-state index contributed by atoms with van der Waals surface area (Å²) in [5.41, 5.74) is 6.68. The van der Waals surface area contributed by atoms with E-state index in [0.29, 0.717) is 37.1 Å². The molecule has 0 spiro atoms. The first-order chi connectivity index (χ1) is 28.3. The summed E-state index contributed by atoms with van der Waals surface area (Å²) in [4.78, 5) is 35.8. The van der Waals surface area contributed by atoms with E-state index in [1.165, 1.54) is 28.0 Å². The van der Waals surface area contributed by atoms with Crippen molar-refractivity contribution in [2.24, 2.45) is 0 Å². The molecule has 0 aliphatic heterocycles. The molecule has 2 aromatic carbocycles. The van der Waals surface area contributed by atoms with Crippen LogP contribution >= 0.6 is 23.2 Å². The summed E-state index contributed by atoms with van der Waals surface area (Å²) in [6, 6.07) is 18.2. The average molecular weight is 903 g/mol. The van der Waals surface area contributed by atoms with Gasteiger partial charge in [0.2, 0.25) is 0 Å². The van der Waals surface area contributed by atoms with E-state index in [0.717, 1.165) is 41.3 Å². The number of carboxylic acid groups (broad SMARTS) is 1. The maximum Gasteiger partial charge on any atom is 0.337 e. The van der Waals surface area contributed by atoms with Crippen LogP contribution in [0.15, 0.2) is 70.7 Å². The number of aryl methyl sites for hydroxylation is 4. The smallest absolute Gasteiger partial charge is 0.337 e.